The van der Waals surface area contributed by atoms with E-state index in [0.29, 0.717) is 16.6 Å². The maximum atomic E-state index is 12.8. The highest BCUT2D eigenvalue weighted by molar-refractivity contribution is 7.99. The first-order valence-corrected chi connectivity index (χ1v) is 8.13. The van der Waals surface area contributed by atoms with Crippen LogP contribution in [-0.2, 0) is 6.18 Å². The Bertz CT molecular complexity index is 665. The molecule has 1 fully saturated rings. The molecule has 0 aliphatic heterocycles. The largest absolute Gasteiger partial charge is 0.417 e. The first-order valence-electron chi connectivity index (χ1n) is 7.15. The summed E-state index contributed by atoms with van der Waals surface area (Å²) in [4.78, 5) is 0. The van der Waals surface area contributed by atoms with Crippen LogP contribution < -0.4 is 0 Å². The van der Waals surface area contributed by atoms with Crippen LogP contribution in [0.2, 0.25) is 0 Å². The maximum Gasteiger partial charge on any atom is 0.417 e. The van der Waals surface area contributed by atoms with Crippen LogP contribution in [0.4, 0.5) is 13.2 Å². The second-order valence-corrected chi connectivity index (χ2v) is 6.64. The molecule has 0 saturated heterocycles. The molecule has 0 bridgehead atoms. The first-order chi connectivity index (χ1) is 10.4. The van der Waals surface area contributed by atoms with E-state index in [2.05, 4.69) is 10.2 Å². The number of nitrogens with zero attached hydrogens (tertiary/aromatic N) is 3. The molecule has 3 rings (SSSR count). The van der Waals surface area contributed by atoms with Crippen molar-refractivity contribution in [1.82, 2.24) is 14.6 Å². The van der Waals surface area contributed by atoms with Crippen molar-refractivity contribution in [3.8, 4) is 0 Å². The Kier molecular flexibility index (Phi) is 4.07. The van der Waals surface area contributed by atoms with Gasteiger partial charge in [0.25, 0.3) is 0 Å². The third-order valence-electron chi connectivity index (χ3n) is 3.95. The van der Waals surface area contributed by atoms with E-state index in [1.54, 1.807) is 0 Å². The fourth-order valence-corrected chi connectivity index (χ4v) is 3.76. The van der Waals surface area contributed by atoms with E-state index in [1.807, 2.05) is 0 Å². The Balaban J connectivity index is 1.81. The molecule has 2 heterocycles. The lowest BCUT2D eigenvalue weighted by atomic mass is 9.86. The van der Waals surface area contributed by atoms with Crippen LogP contribution in [0.1, 0.15) is 37.7 Å². The average molecular weight is 331 g/mol. The van der Waals surface area contributed by atoms with Crippen LogP contribution in [0.3, 0.4) is 0 Å². The number of thioether (sulfide) groups is 1. The van der Waals surface area contributed by atoms with Crippen LogP contribution in [-0.4, -0.2) is 31.1 Å². The second-order valence-electron chi connectivity index (χ2n) is 5.70. The van der Waals surface area contributed by atoms with E-state index >= 15 is 0 Å². The van der Waals surface area contributed by atoms with Crippen LogP contribution in [0.25, 0.3) is 5.65 Å². The molecule has 0 atom stereocenters. The molecule has 120 valence electrons. The second kappa shape index (κ2) is 5.73. The van der Waals surface area contributed by atoms with Gasteiger partial charge in [-0.25, -0.2) is 0 Å². The molecular weight excluding hydrogens is 315 g/mol. The van der Waals surface area contributed by atoms with Gasteiger partial charge in [-0.2, -0.15) is 13.2 Å². The zero-order chi connectivity index (χ0) is 15.8. The number of pyridine rings is 1. The molecule has 22 heavy (non-hydrogen) atoms. The summed E-state index contributed by atoms with van der Waals surface area (Å²) in [6, 6.07) is 2.29. The van der Waals surface area contributed by atoms with E-state index in [-0.39, 0.29) is 0 Å². The molecular formula is C14H16F3N3OS. The molecule has 2 aromatic rings. The van der Waals surface area contributed by atoms with Gasteiger partial charge in [0.15, 0.2) is 10.8 Å². The molecule has 1 N–H and O–H groups in total. The Morgan fingerprint density at radius 2 is 1.91 bits per heavy atom. The van der Waals surface area contributed by atoms with E-state index < -0.39 is 17.3 Å². The standard InChI is InChI=1S/C14H16F3N3OS/c15-14(16,17)10-4-5-11-18-19-12(20(11)8-10)22-9-13(21)6-2-1-3-7-13/h4-5,8,21H,1-3,6-7,9H2. The van der Waals surface area contributed by atoms with E-state index in [1.165, 1.54) is 22.2 Å². The summed E-state index contributed by atoms with van der Waals surface area (Å²) in [5, 5.41) is 18.6. The third-order valence-corrected chi connectivity index (χ3v) is 5.17. The van der Waals surface area contributed by atoms with Gasteiger partial charge >= 0.3 is 6.18 Å². The molecule has 0 aromatic carbocycles. The summed E-state index contributed by atoms with van der Waals surface area (Å²) in [5.74, 6) is 0.421. The summed E-state index contributed by atoms with van der Waals surface area (Å²) in [6.07, 6.45) is 1.14. The minimum atomic E-state index is -4.40. The summed E-state index contributed by atoms with van der Waals surface area (Å²) in [5.41, 5.74) is -1.12. The van der Waals surface area contributed by atoms with Crippen molar-refractivity contribution in [2.75, 3.05) is 5.75 Å². The molecule has 0 unspecified atom stereocenters. The van der Waals surface area contributed by atoms with Gasteiger partial charge in [0, 0.05) is 11.9 Å². The van der Waals surface area contributed by atoms with Gasteiger partial charge in [-0.15, -0.1) is 10.2 Å². The van der Waals surface area contributed by atoms with Gasteiger partial charge in [-0.3, -0.25) is 4.40 Å². The SMILES string of the molecule is OC1(CSc2nnc3ccc(C(F)(F)F)cn23)CCCCC1. The molecule has 0 amide bonds. The van der Waals surface area contributed by atoms with Crippen LogP contribution in [0, 0.1) is 0 Å². The zero-order valence-electron chi connectivity index (χ0n) is 11.8. The minimum absolute atomic E-state index is 0.367. The Morgan fingerprint density at radius 1 is 1.18 bits per heavy atom. The Labute approximate surface area is 129 Å². The summed E-state index contributed by atoms with van der Waals surface area (Å²) in [6.45, 7) is 0. The number of hydrogen-bond acceptors (Lipinski definition) is 4. The molecule has 8 heteroatoms. The van der Waals surface area contributed by atoms with Gasteiger partial charge in [0.1, 0.15) is 0 Å². The maximum absolute atomic E-state index is 12.8. The quantitative estimate of drug-likeness (QED) is 0.874. The number of alkyl halides is 3. The minimum Gasteiger partial charge on any atom is -0.389 e. The lowest BCUT2D eigenvalue weighted by Crippen LogP contribution is -2.34. The van der Waals surface area contributed by atoms with Gasteiger partial charge in [-0.1, -0.05) is 31.0 Å². The van der Waals surface area contributed by atoms with Crippen LogP contribution in [0.5, 0.6) is 0 Å². The van der Waals surface area contributed by atoms with E-state index in [9.17, 15) is 18.3 Å². The Morgan fingerprint density at radius 3 is 2.59 bits per heavy atom. The van der Waals surface area contributed by atoms with Crippen molar-refractivity contribution in [2.24, 2.45) is 0 Å². The predicted molar refractivity (Wildman–Crippen MR) is 76.7 cm³/mol. The smallest absolute Gasteiger partial charge is 0.389 e. The van der Waals surface area contributed by atoms with Gasteiger partial charge in [-0.05, 0) is 25.0 Å². The van der Waals surface area contributed by atoms with E-state index in [4.69, 9.17) is 0 Å². The number of rotatable bonds is 3. The molecule has 1 aliphatic carbocycles. The van der Waals surface area contributed by atoms with Gasteiger partial charge < -0.3 is 5.11 Å². The molecule has 1 saturated carbocycles. The van der Waals surface area contributed by atoms with Crippen molar-refractivity contribution in [1.29, 1.82) is 0 Å². The third kappa shape index (κ3) is 3.22. The highest BCUT2D eigenvalue weighted by Gasteiger charge is 2.32. The number of aliphatic hydroxyl groups is 1. The summed E-state index contributed by atoms with van der Waals surface area (Å²) in [7, 11) is 0. The lowest BCUT2D eigenvalue weighted by Gasteiger charge is -2.31. The topological polar surface area (TPSA) is 50.4 Å². The van der Waals surface area contributed by atoms with Crippen molar-refractivity contribution in [3.63, 3.8) is 0 Å². The highest BCUT2D eigenvalue weighted by Crippen LogP contribution is 2.34. The average Bonchev–Trinajstić information content (AvgIpc) is 2.87. The lowest BCUT2D eigenvalue weighted by molar-refractivity contribution is -0.137. The normalized spacial score (nSPS) is 18.7. The van der Waals surface area contributed by atoms with Crippen molar-refractivity contribution in [2.45, 2.75) is 49.0 Å². The number of hydrogen-bond donors (Lipinski definition) is 1. The highest BCUT2D eigenvalue weighted by atomic mass is 32.2. The number of fused-ring (bicyclic) bond motifs is 1. The molecule has 4 nitrogen and oxygen atoms in total. The predicted octanol–water partition coefficient (Wildman–Crippen LogP) is 3.54. The van der Waals surface area contributed by atoms with Crippen LogP contribution in [0.15, 0.2) is 23.5 Å². The van der Waals surface area contributed by atoms with Gasteiger partial charge in [0.05, 0.1) is 11.2 Å². The number of aromatic nitrogens is 3. The molecule has 0 spiro atoms. The van der Waals surface area contributed by atoms with Crippen molar-refractivity contribution >= 4 is 17.4 Å². The first kappa shape index (κ1) is 15.6. The zero-order valence-corrected chi connectivity index (χ0v) is 12.6. The summed E-state index contributed by atoms with van der Waals surface area (Å²) >= 11 is 1.25. The summed E-state index contributed by atoms with van der Waals surface area (Å²) < 4.78 is 39.7. The monoisotopic (exact) mass is 331 g/mol. The van der Waals surface area contributed by atoms with Crippen LogP contribution >= 0.6 is 11.8 Å². The fraction of sp³-hybridized carbons (Fsp3) is 0.571. The number of halogens is 3. The fourth-order valence-electron chi connectivity index (χ4n) is 2.69. The van der Waals surface area contributed by atoms with E-state index in [0.717, 1.165) is 44.4 Å². The molecule has 0 radical (unpaired) electrons. The molecule has 1 aliphatic rings. The Hall–Kier alpha value is -1.28. The van der Waals surface area contributed by atoms with Gasteiger partial charge in [0.2, 0.25) is 0 Å². The molecule has 2 aromatic heterocycles. The van der Waals surface area contributed by atoms with Crippen molar-refractivity contribution < 1.29 is 18.3 Å². The van der Waals surface area contributed by atoms with Crippen molar-refractivity contribution in [3.05, 3.63) is 23.9 Å².